The summed E-state index contributed by atoms with van der Waals surface area (Å²) in [6, 6.07) is 1.96. The smallest absolute Gasteiger partial charge is 0.254 e. The number of ether oxygens (including phenoxy) is 1. The minimum Gasteiger partial charge on any atom is -0.375 e. The largest absolute Gasteiger partial charge is 0.375 e. The number of carbonyl (C=O) groups excluding carboxylic acids is 2. The summed E-state index contributed by atoms with van der Waals surface area (Å²) in [5.74, 6) is 0.0126. The van der Waals surface area contributed by atoms with Crippen molar-refractivity contribution in [2.45, 2.75) is 37.3 Å². The molecule has 8 heteroatoms. The minimum absolute atomic E-state index is 0.0878. The Morgan fingerprint density at radius 1 is 1.33 bits per heavy atom. The van der Waals surface area contributed by atoms with Crippen molar-refractivity contribution in [3.8, 4) is 0 Å². The van der Waals surface area contributed by atoms with E-state index in [4.69, 9.17) is 4.74 Å². The molecule has 2 aromatic heterocycles. The van der Waals surface area contributed by atoms with Crippen molar-refractivity contribution >= 4 is 23.2 Å². The average molecular weight is 388 g/mol. The molecule has 0 radical (unpaired) electrons. The summed E-state index contributed by atoms with van der Waals surface area (Å²) in [7, 11) is 1.80. The summed E-state index contributed by atoms with van der Waals surface area (Å²) in [6.07, 6.45) is 6.52. The Balaban J connectivity index is 1.34. The molecule has 0 saturated carbocycles. The van der Waals surface area contributed by atoms with Gasteiger partial charge < -0.3 is 15.0 Å². The highest BCUT2D eigenvalue weighted by molar-refractivity contribution is 7.08. The molecule has 144 valence electrons. The van der Waals surface area contributed by atoms with Gasteiger partial charge in [-0.2, -0.15) is 16.4 Å². The van der Waals surface area contributed by atoms with Crippen molar-refractivity contribution in [2.24, 2.45) is 7.05 Å². The fourth-order valence-corrected chi connectivity index (χ4v) is 4.62. The van der Waals surface area contributed by atoms with Crippen LogP contribution in [-0.4, -0.2) is 57.8 Å². The number of nitrogens with zero attached hydrogens (tertiary/aromatic N) is 3. The first-order valence-electron chi connectivity index (χ1n) is 9.30. The van der Waals surface area contributed by atoms with E-state index in [9.17, 15) is 9.59 Å². The first-order chi connectivity index (χ1) is 13.0. The second-order valence-electron chi connectivity index (χ2n) is 7.40. The van der Waals surface area contributed by atoms with E-state index in [1.54, 1.807) is 35.5 Å². The van der Waals surface area contributed by atoms with Crippen molar-refractivity contribution in [2.75, 3.05) is 19.7 Å². The fourth-order valence-electron chi connectivity index (χ4n) is 3.99. The van der Waals surface area contributed by atoms with Gasteiger partial charge in [0.25, 0.3) is 11.8 Å². The number of carbonyl (C=O) groups is 2. The molecule has 1 atom stereocenters. The van der Waals surface area contributed by atoms with Gasteiger partial charge in [0.15, 0.2) is 0 Å². The standard InChI is InChI=1S/C19H24N4O3S/c1-22-12-15(11-20-22)17(24)21-16-2-8-26-19(10-16)4-6-23(7-5-19)18(25)14-3-9-27-13-14/h3,9,11-13,16H,2,4-8,10H2,1H3,(H,21,24). The first kappa shape index (κ1) is 18.2. The maximum atomic E-state index is 12.5. The van der Waals surface area contributed by atoms with Gasteiger partial charge >= 0.3 is 0 Å². The van der Waals surface area contributed by atoms with E-state index >= 15 is 0 Å². The molecule has 2 aromatic rings. The molecule has 0 aromatic carbocycles. The molecule has 1 N–H and O–H groups in total. The first-order valence-corrected chi connectivity index (χ1v) is 10.2. The number of aromatic nitrogens is 2. The Hall–Kier alpha value is -2.19. The van der Waals surface area contributed by atoms with Gasteiger partial charge in [0.1, 0.15) is 0 Å². The van der Waals surface area contributed by atoms with Crippen LogP contribution >= 0.6 is 11.3 Å². The number of hydrogen-bond donors (Lipinski definition) is 1. The van der Waals surface area contributed by atoms with Gasteiger partial charge in [-0.05, 0) is 37.1 Å². The number of hydrogen-bond acceptors (Lipinski definition) is 5. The Kier molecular flexibility index (Phi) is 5.01. The number of piperidine rings is 1. The predicted octanol–water partition coefficient (Wildman–Crippen LogP) is 2.07. The van der Waals surface area contributed by atoms with Gasteiger partial charge in [-0.3, -0.25) is 14.3 Å². The van der Waals surface area contributed by atoms with E-state index in [1.165, 1.54) is 0 Å². The van der Waals surface area contributed by atoms with Gasteiger partial charge in [0, 0.05) is 44.4 Å². The molecule has 0 bridgehead atoms. The van der Waals surface area contributed by atoms with Gasteiger partial charge in [0.05, 0.1) is 22.9 Å². The van der Waals surface area contributed by atoms with Crippen molar-refractivity contribution in [3.63, 3.8) is 0 Å². The van der Waals surface area contributed by atoms with Gasteiger partial charge in [-0.15, -0.1) is 0 Å². The molecule has 2 aliphatic rings. The number of likely N-dealkylation sites (tertiary alicyclic amines) is 1. The zero-order valence-corrected chi connectivity index (χ0v) is 16.2. The lowest BCUT2D eigenvalue weighted by Gasteiger charge is -2.46. The van der Waals surface area contributed by atoms with Crippen LogP contribution in [0.1, 0.15) is 46.4 Å². The van der Waals surface area contributed by atoms with Crippen LogP contribution in [0, 0.1) is 0 Å². The van der Waals surface area contributed by atoms with Crippen LogP contribution in [0.4, 0.5) is 0 Å². The zero-order chi connectivity index (χ0) is 18.9. The van der Waals surface area contributed by atoms with Gasteiger partial charge in [0.2, 0.25) is 0 Å². The Labute approximate surface area is 162 Å². The van der Waals surface area contributed by atoms with Gasteiger partial charge in [-0.25, -0.2) is 0 Å². The summed E-state index contributed by atoms with van der Waals surface area (Å²) in [5, 5.41) is 11.0. The summed E-state index contributed by atoms with van der Waals surface area (Å²) in [4.78, 5) is 26.9. The van der Waals surface area contributed by atoms with Crippen molar-refractivity contribution in [1.29, 1.82) is 0 Å². The van der Waals surface area contributed by atoms with Crippen molar-refractivity contribution in [3.05, 3.63) is 40.3 Å². The lowest BCUT2D eigenvalue weighted by atomic mass is 9.82. The van der Waals surface area contributed by atoms with Crippen molar-refractivity contribution < 1.29 is 14.3 Å². The van der Waals surface area contributed by atoms with Crippen LogP contribution in [0.25, 0.3) is 0 Å². The number of rotatable bonds is 3. The SMILES string of the molecule is Cn1cc(C(=O)NC2CCOC3(CCN(C(=O)c4ccsc4)CC3)C2)cn1. The topological polar surface area (TPSA) is 76.5 Å². The monoisotopic (exact) mass is 388 g/mol. The molecule has 27 heavy (non-hydrogen) atoms. The molecule has 1 spiro atoms. The van der Waals surface area contributed by atoms with Gasteiger partial charge in [-0.1, -0.05) is 0 Å². The molecular formula is C19H24N4O3S. The molecular weight excluding hydrogens is 364 g/mol. The molecule has 4 heterocycles. The molecule has 7 nitrogen and oxygen atoms in total. The lowest BCUT2D eigenvalue weighted by Crippen LogP contribution is -2.54. The van der Waals surface area contributed by atoms with Crippen LogP contribution in [0.3, 0.4) is 0 Å². The second kappa shape index (κ2) is 7.44. The average Bonchev–Trinajstić information content (AvgIpc) is 3.34. The summed E-state index contributed by atoms with van der Waals surface area (Å²) >= 11 is 1.54. The van der Waals surface area contributed by atoms with Crippen LogP contribution in [0.2, 0.25) is 0 Å². The Morgan fingerprint density at radius 3 is 2.81 bits per heavy atom. The van der Waals surface area contributed by atoms with Crippen LogP contribution in [0.15, 0.2) is 29.2 Å². The predicted molar refractivity (Wildman–Crippen MR) is 102 cm³/mol. The zero-order valence-electron chi connectivity index (χ0n) is 15.4. The van der Waals surface area contributed by atoms with E-state index < -0.39 is 0 Å². The molecule has 1 unspecified atom stereocenters. The highest BCUT2D eigenvalue weighted by atomic mass is 32.1. The van der Waals surface area contributed by atoms with E-state index in [1.807, 2.05) is 21.7 Å². The molecule has 2 amide bonds. The Morgan fingerprint density at radius 2 is 2.15 bits per heavy atom. The summed E-state index contributed by atoms with van der Waals surface area (Å²) in [6.45, 7) is 2.02. The van der Waals surface area contributed by atoms with E-state index in [2.05, 4.69) is 10.4 Å². The maximum Gasteiger partial charge on any atom is 0.254 e. The van der Waals surface area contributed by atoms with Crippen molar-refractivity contribution in [1.82, 2.24) is 20.0 Å². The third-order valence-electron chi connectivity index (χ3n) is 5.53. The number of amides is 2. The van der Waals surface area contributed by atoms with E-state index in [0.717, 1.165) is 31.2 Å². The molecule has 4 rings (SSSR count). The highest BCUT2D eigenvalue weighted by Crippen LogP contribution is 2.35. The van der Waals surface area contributed by atoms with E-state index in [0.29, 0.717) is 25.3 Å². The van der Waals surface area contributed by atoms with Crippen LogP contribution in [0.5, 0.6) is 0 Å². The lowest BCUT2D eigenvalue weighted by molar-refractivity contribution is -0.114. The third kappa shape index (κ3) is 3.91. The van der Waals surface area contributed by atoms with Crippen LogP contribution in [-0.2, 0) is 11.8 Å². The van der Waals surface area contributed by atoms with E-state index in [-0.39, 0.29) is 23.5 Å². The molecule has 0 aliphatic carbocycles. The molecule has 2 aliphatic heterocycles. The molecule has 2 fully saturated rings. The minimum atomic E-state index is -0.240. The normalized spacial score (nSPS) is 22.0. The molecule has 2 saturated heterocycles. The number of thiophene rings is 1. The fraction of sp³-hybridized carbons (Fsp3) is 0.526. The quantitative estimate of drug-likeness (QED) is 0.873. The highest BCUT2D eigenvalue weighted by Gasteiger charge is 2.41. The second-order valence-corrected chi connectivity index (χ2v) is 8.18. The maximum absolute atomic E-state index is 12.5. The summed E-state index contributed by atoms with van der Waals surface area (Å²) < 4.78 is 7.77. The number of nitrogens with one attached hydrogen (secondary N) is 1. The van der Waals surface area contributed by atoms with Crippen LogP contribution < -0.4 is 5.32 Å². The number of aryl methyl sites for hydroxylation is 1. The summed E-state index contributed by atoms with van der Waals surface area (Å²) in [5.41, 5.74) is 1.10. The third-order valence-corrected chi connectivity index (χ3v) is 6.21. The Bertz CT molecular complexity index is 809.